The van der Waals surface area contributed by atoms with Gasteiger partial charge in [-0.05, 0) is 50.0 Å². The summed E-state index contributed by atoms with van der Waals surface area (Å²) in [4.78, 5) is 22.5. The van der Waals surface area contributed by atoms with E-state index < -0.39 is 12.0 Å². The number of rotatable bonds is 5. The molecule has 1 atom stereocenters. The average molecular weight is 289 g/mol. The second kappa shape index (κ2) is 7.25. The van der Waals surface area contributed by atoms with Crippen LogP contribution in [0.2, 0.25) is 0 Å². The predicted octanol–water partition coefficient (Wildman–Crippen LogP) is 2.94. The first-order chi connectivity index (χ1) is 10.1. The van der Waals surface area contributed by atoms with E-state index in [2.05, 4.69) is 29.6 Å². The topological polar surface area (TPSA) is 66.4 Å². The lowest BCUT2D eigenvalue weighted by molar-refractivity contribution is -0.141. The van der Waals surface area contributed by atoms with E-state index in [4.69, 9.17) is 5.11 Å². The van der Waals surface area contributed by atoms with E-state index in [1.54, 1.807) is 0 Å². The molecule has 0 saturated heterocycles. The predicted molar refractivity (Wildman–Crippen MR) is 81.0 cm³/mol. The number of carbonyl (C=O) groups excluding carboxylic acids is 1. The van der Waals surface area contributed by atoms with Gasteiger partial charge in [-0.25, -0.2) is 0 Å². The minimum atomic E-state index is -0.990. The maximum Gasteiger partial charge on any atom is 0.325 e. The van der Waals surface area contributed by atoms with Gasteiger partial charge < -0.3 is 10.4 Å². The maximum atomic E-state index is 11.8. The van der Waals surface area contributed by atoms with Crippen molar-refractivity contribution in [3.8, 4) is 0 Å². The highest BCUT2D eigenvalue weighted by Crippen LogP contribution is 2.36. The number of carboxylic acids is 1. The molecule has 4 heteroatoms. The monoisotopic (exact) mass is 289 g/mol. The first-order valence-electron chi connectivity index (χ1n) is 7.63. The molecule has 1 aliphatic carbocycles. The molecular formula is C17H23NO3. The summed E-state index contributed by atoms with van der Waals surface area (Å²) in [6.45, 7) is 1.49. The van der Waals surface area contributed by atoms with Crippen LogP contribution in [0, 0.1) is 5.92 Å². The molecular weight excluding hydrogens is 266 g/mol. The van der Waals surface area contributed by atoms with Crippen molar-refractivity contribution in [2.24, 2.45) is 5.92 Å². The van der Waals surface area contributed by atoms with Crippen molar-refractivity contribution in [3.63, 3.8) is 0 Å². The molecule has 21 heavy (non-hydrogen) atoms. The number of hydrogen-bond acceptors (Lipinski definition) is 2. The molecule has 4 nitrogen and oxygen atoms in total. The highest BCUT2D eigenvalue weighted by atomic mass is 16.4. The van der Waals surface area contributed by atoms with E-state index in [1.807, 2.05) is 6.07 Å². The third-order valence-electron chi connectivity index (χ3n) is 4.34. The number of carboxylic acid groups (broad SMARTS) is 1. The summed E-state index contributed by atoms with van der Waals surface area (Å²) in [6, 6.07) is 9.71. The van der Waals surface area contributed by atoms with Crippen molar-refractivity contribution in [3.05, 3.63) is 35.9 Å². The number of amides is 1. The Morgan fingerprint density at radius 3 is 2.38 bits per heavy atom. The van der Waals surface area contributed by atoms with Crippen LogP contribution in [0.25, 0.3) is 0 Å². The van der Waals surface area contributed by atoms with Gasteiger partial charge in [-0.2, -0.15) is 0 Å². The molecule has 0 unspecified atom stereocenters. The molecule has 0 radical (unpaired) electrons. The molecule has 1 aromatic rings. The molecule has 1 aliphatic rings. The van der Waals surface area contributed by atoms with Gasteiger partial charge in [0.1, 0.15) is 6.04 Å². The minimum Gasteiger partial charge on any atom is -0.480 e. The lowest BCUT2D eigenvalue weighted by Crippen LogP contribution is -2.39. The molecule has 114 valence electrons. The van der Waals surface area contributed by atoms with Crippen molar-refractivity contribution in [2.75, 3.05) is 0 Å². The summed E-state index contributed by atoms with van der Waals surface area (Å²) in [5.74, 6) is -0.154. The Labute approximate surface area is 125 Å². The average Bonchev–Trinajstić information content (AvgIpc) is 2.48. The van der Waals surface area contributed by atoms with Crippen LogP contribution >= 0.6 is 0 Å². The zero-order valence-corrected chi connectivity index (χ0v) is 12.4. The third-order valence-corrected chi connectivity index (χ3v) is 4.34. The largest absolute Gasteiger partial charge is 0.480 e. The smallest absolute Gasteiger partial charge is 0.325 e. The van der Waals surface area contributed by atoms with Crippen molar-refractivity contribution in [2.45, 2.75) is 51.0 Å². The molecule has 1 amide bonds. The van der Waals surface area contributed by atoms with Crippen LogP contribution in [0.4, 0.5) is 0 Å². The van der Waals surface area contributed by atoms with Gasteiger partial charge in [0.25, 0.3) is 0 Å². The molecule has 1 aromatic carbocycles. The second-order valence-corrected chi connectivity index (χ2v) is 5.96. The van der Waals surface area contributed by atoms with E-state index in [-0.39, 0.29) is 5.91 Å². The minimum absolute atomic E-state index is 0.145. The fourth-order valence-corrected chi connectivity index (χ4v) is 3.05. The normalized spacial score (nSPS) is 23.3. The van der Waals surface area contributed by atoms with E-state index in [9.17, 15) is 9.59 Å². The molecule has 2 N–H and O–H groups in total. The van der Waals surface area contributed by atoms with Gasteiger partial charge >= 0.3 is 5.97 Å². The summed E-state index contributed by atoms with van der Waals surface area (Å²) in [7, 11) is 0. The molecule has 0 bridgehead atoms. The van der Waals surface area contributed by atoms with Gasteiger partial charge in [0.05, 0.1) is 0 Å². The Hall–Kier alpha value is -1.84. The SMILES string of the molecule is C[C@H](NC(=O)CC1CCC(c2ccccc2)CC1)C(=O)O. The van der Waals surface area contributed by atoms with Crippen molar-refractivity contribution < 1.29 is 14.7 Å². The lowest BCUT2D eigenvalue weighted by atomic mass is 9.77. The van der Waals surface area contributed by atoms with Crippen LogP contribution in [0.5, 0.6) is 0 Å². The van der Waals surface area contributed by atoms with Crippen molar-refractivity contribution >= 4 is 11.9 Å². The zero-order chi connectivity index (χ0) is 15.2. The van der Waals surface area contributed by atoms with Gasteiger partial charge in [-0.3, -0.25) is 9.59 Å². The van der Waals surface area contributed by atoms with Crippen LogP contribution < -0.4 is 5.32 Å². The Morgan fingerprint density at radius 2 is 1.81 bits per heavy atom. The van der Waals surface area contributed by atoms with Gasteiger partial charge in [0, 0.05) is 6.42 Å². The van der Waals surface area contributed by atoms with E-state index >= 15 is 0 Å². The number of aliphatic carboxylic acids is 1. The first kappa shape index (κ1) is 15.5. The van der Waals surface area contributed by atoms with Crippen molar-refractivity contribution in [1.29, 1.82) is 0 Å². The molecule has 1 saturated carbocycles. The number of carbonyl (C=O) groups is 2. The summed E-state index contributed by atoms with van der Waals surface area (Å²) in [6.07, 6.45) is 4.73. The molecule has 0 heterocycles. The Balaban J connectivity index is 1.77. The summed E-state index contributed by atoms with van der Waals surface area (Å²) < 4.78 is 0. The molecule has 1 fully saturated rings. The Kier molecular flexibility index (Phi) is 5.37. The van der Waals surface area contributed by atoms with Crippen LogP contribution in [-0.4, -0.2) is 23.0 Å². The van der Waals surface area contributed by atoms with Crippen LogP contribution in [-0.2, 0) is 9.59 Å². The number of benzene rings is 1. The fraction of sp³-hybridized carbons (Fsp3) is 0.529. The fourth-order valence-electron chi connectivity index (χ4n) is 3.05. The van der Waals surface area contributed by atoms with Gasteiger partial charge in [-0.1, -0.05) is 30.3 Å². The van der Waals surface area contributed by atoms with E-state index in [1.165, 1.54) is 12.5 Å². The third kappa shape index (κ3) is 4.59. The van der Waals surface area contributed by atoms with Gasteiger partial charge in [-0.15, -0.1) is 0 Å². The summed E-state index contributed by atoms with van der Waals surface area (Å²) in [5.41, 5.74) is 1.39. The van der Waals surface area contributed by atoms with E-state index in [0.717, 1.165) is 25.7 Å². The second-order valence-electron chi connectivity index (χ2n) is 5.96. The maximum absolute atomic E-state index is 11.8. The standard InChI is InChI=1S/C17H23NO3/c1-12(17(20)21)18-16(19)11-13-7-9-15(10-8-13)14-5-3-2-4-6-14/h2-6,12-13,15H,7-11H2,1H3,(H,18,19)(H,20,21)/t12-,13?,15?/m0/s1. The zero-order valence-electron chi connectivity index (χ0n) is 12.4. The Bertz CT molecular complexity index is 478. The molecule has 0 spiro atoms. The molecule has 0 aromatic heterocycles. The first-order valence-corrected chi connectivity index (χ1v) is 7.63. The Morgan fingerprint density at radius 1 is 1.19 bits per heavy atom. The molecule has 2 rings (SSSR count). The lowest BCUT2D eigenvalue weighted by Gasteiger charge is -2.28. The molecule has 0 aliphatic heterocycles. The van der Waals surface area contributed by atoms with Gasteiger partial charge in [0.15, 0.2) is 0 Å². The highest BCUT2D eigenvalue weighted by molar-refractivity contribution is 5.83. The number of nitrogens with one attached hydrogen (secondary N) is 1. The van der Waals surface area contributed by atoms with Crippen LogP contribution in [0.15, 0.2) is 30.3 Å². The van der Waals surface area contributed by atoms with Crippen LogP contribution in [0.3, 0.4) is 0 Å². The van der Waals surface area contributed by atoms with Gasteiger partial charge in [0.2, 0.25) is 5.91 Å². The quantitative estimate of drug-likeness (QED) is 0.875. The highest BCUT2D eigenvalue weighted by Gasteiger charge is 2.24. The van der Waals surface area contributed by atoms with E-state index in [0.29, 0.717) is 18.3 Å². The summed E-state index contributed by atoms with van der Waals surface area (Å²) in [5, 5.41) is 11.3. The number of hydrogen-bond donors (Lipinski definition) is 2. The van der Waals surface area contributed by atoms with Crippen molar-refractivity contribution in [1.82, 2.24) is 5.32 Å². The summed E-state index contributed by atoms with van der Waals surface area (Å²) >= 11 is 0. The van der Waals surface area contributed by atoms with Crippen LogP contribution in [0.1, 0.15) is 50.5 Å².